The Balaban J connectivity index is 2.30. The number of aryl methyl sites for hydroxylation is 1. The molecule has 20 heavy (non-hydrogen) atoms. The summed E-state index contributed by atoms with van der Waals surface area (Å²) in [5.74, 6) is 0.375. The van der Waals surface area contributed by atoms with Crippen LogP contribution in [0.4, 0.5) is 5.69 Å². The number of benzene rings is 2. The van der Waals surface area contributed by atoms with E-state index in [4.69, 9.17) is 0 Å². The monoisotopic (exact) mass is 379 g/mol. The minimum absolute atomic E-state index is 0.0652. The van der Waals surface area contributed by atoms with Crippen LogP contribution in [0.5, 0.6) is 0 Å². The third-order valence-electron chi connectivity index (χ3n) is 3.25. The van der Waals surface area contributed by atoms with Crippen molar-refractivity contribution < 1.29 is 4.79 Å². The van der Waals surface area contributed by atoms with E-state index in [1.54, 1.807) is 0 Å². The standard InChI is InChI=1S/C17H18INO/c1-11(2)14-10-16(12(3)9-15(14)18)19-17(20)13-7-5-4-6-8-13/h4-11H,1-3H3,(H,19,20). The zero-order chi connectivity index (χ0) is 14.7. The van der Waals surface area contributed by atoms with Crippen molar-refractivity contribution in [3.05, 3.63) is 62.7 Å². The molecule has 0 heterocycles. The number of anilines is 1. The van der Waals surface area contributed by atoms with Gasteiger partial charge in [0.05, 0.1) is 0 Å². The number of carbonyl (C=O) groups is 1. The predicted octanol–water partition coefficient (Wildman–Crippen LogP) is 4.98. The van der Waals surface area contributed by atoms with Crippen LogP contribution in [0.15, 0.2) is 42.5 Å². The van der Waals surface area contributed by atoms with Crippen molar-refractivity contribution >= 4 is 34.2 Å². The first-order valence-electron chi connectivity index (χ1n) is 6.65. The van der Waals surface area contributed by atoms with Crippen LogP contribution in [-0.2, 0) is 0 Å². The van der Waals surface area contributed by atoms with E-state index < -0.39 is 0 Å². The Morgan fingerprint density at radius 3 is 2.40 bits per heavy atom. The fraction of sp³-hybridized carbons (Fsp3) is 0.235. The van der Waals surface area contributed by atoms with Crippen molar-refractivity contribution in [2.24, 2.45) is 0 Å². The van der Waals surface area contributed by atoms with Gasteiger partial charge in [-0.25, -0.2) is 0 Å². The minimum atomic E-state index is -0.0652. The van der Waals surface area contributed by atoms with E-state index in [9.17, 15) is 4.79 Å². The van der Waals surface area contributed by atoms with Crippen LogP contribution in [0.2, 0.25) is 0 Å². The van der Waals surface area contributed by atoms with Gasteiger partial charge in [-0.05, 0) is 70.8 Å². The molecular weight excluding hydrogens is 361 g/mol. The summed E-state index contributed by atoms with van der Waals surface area (Å²) in [5.41, 5.74) is 3.92. The van der Waals surface area contributed by atoms with Crippen molar-refractivity contribution in [3.63, 3.8) is 0 Å². The van der Waals surface area contributed by atoms with Gasteiger partial charge in [0.1, 0.15) is 0 Å². The van der Waals surface area contributed by atoms with E-state index in [0.29, 0.717) is 11.5 Å². The summed E-state index contributed by atoms with van der Waals surface area (Å²) in [7, 11) is 0. The van der Waals surface area contributed by atoms with Gasteiger partial charge in [0.15, 0.2) is 0 Å². The summed E-state index contributed by atoms with van der Waals surface area (Å²) in [6, 6.07) is 13.5. The lowest BCUT2D eigenvalue weighted by atomic mass is 10.0. The molecule has 0 radical (unpaired) electrons. The number of amides is 1. The molecule has 0 unspecified atom stereocenters. The number of halogens is 1. The van der Waals surface area contributed by atoms with Crippen molar-refractivity contribution in [1.29, 1.82) is 0 Å². The molecule has 2 aromatic carbocycles. The molecule has 2 nitrogen and oxygen atoms in total. The van der Waals surface area contributed by atoms with Gasteiger partial charge in [0.25, 0.3) is 5.91 Å². The van der Waals surface area contributed by atoms with Gasteiger partial charge in [-0.3, -0.25) is 4.79 Å². The quantitative estimate of drug-likeness (QED) is 0.750. The third kappa shape index (κ3) is 3.39. The molecule has 0 spiro atoms. The van der Waals surface area contributed by atoms with Gasteiger partial charge in [0, 0.05) is 14.8 Å². The first-order valence-corrected chi connectivity index (χ1v) is 7.73. The van der Waals surface area contributed by atoms with E-state index in [1.807, 2.05) is 37.3 Å². The molecule has 1 N–H and O–H groups in total. The minimum Gasteiger partial charge on any atom is -0.322 e. The number of rotatable bonds is 3. The van der Waals surface area contributed by atoms with Gasteiger partial charge in [0.2, 0.25) is 0 Å². The number of hydrogen-bond acceptors (Lipinski definition) is 1. The third-order valence-corrected chi connectivity index (χ3v) is 4.18. The van der Waals surface area contributed by atoms with Gasteiger partial charge in [-0.15, -0.1) is 0 Å². The van der Waals surface area contributed by atoms with Crippen molar-refractivity contribution in [1.82, 2.24) is 0 Å². The molecule has 0 aliphatic heterocycles. The Morgan fingerprint density at radius 2 is 1.80 bits per heavy atom. The summed E-state index contributed by atoms with van der Waals surface area (Å²) in [4.78, 5) is 12.2. The van der Waals surface area contributed by atoms with E-state index in [2.05, 4.69) is 53.9 Å². The molecule has 0 saturated heterocycles. The van der Waals surface area contributed by atoms with Crippen LogP contribution in [0.25, 0.3) is 0 Å². The van der Waals surface area contributed by atoms with Crippen molar-refractivity contribution in [3.8, 4) is 0 Å². The molecule has 3 heteroatoms. The Bertz CT molecular complexity index is 620. The Hall–Kier alpha value is -1.36. The van der Waals surface area contributed by atoms with E-state index in [-0.39, 0.29) is 5.91 Å². The zero-order valence-corrected chi connectivity index (χ0v) is 14.1. The summed E-state index contributed by atoms with van der Waals surface area (Å²) >= 11 is 2.35. The molecule has 0 bridgehead atoms. The van der Waals surface area contributed by atoms with Gasteiger partial charge >= 0.3 is 0 Å². The number of nitrogens with one attached hydrogen (secondary N) is 1. The lowest BCUT2D eigenvalue weighted by Gasteiger charge is -2.15. The first kappa shape index (κ1) is 15.0. The molecule has 0 atom stereocenters. The average Bonchev–Trinajstić information content (AvgIpc) is 2.42. The van der Waals surface area contributed by atoms with Crippen molar-refractivity contribution in [2.45, 2.75) is 26.7 Å². The van der Waals surface area contributed by atoms with Crippen LogP contribution in [-0.4, -0.2) is 5.91 Å². The number of carbonyl (C=O) groups excluding carboxylic acids is 1. The fourth-order valence-corrected chi connectivity index (χ4v) is 3.30. The summed E-state index contributed by atoms with van der Waals surface area (Å²) in [5, 5.41) is 3.01. The van der Waals surface area contributed by atoms with Crippen LogP contribution in [0, 0.1) is 10.5 Å². The summed E-state index contributed by atoms with van der Waals surface area (Å²) < 4.78 is 1.24. The molecule has 0 fully saturated rings. The SMILES string of the molecule is Cc1cc(I)c(C(C)C)cc1NC(=O)c1ccccc1. The van der Waals surface area contributed by atoms with Crippen LogP contribution >= 0.6 is 22.6 Å². The molecule has 2 aromatic rings. The van der Waals surface area contributed by atoms with E-state index in [1.165, 1.54) is 9.13 Å². The highest BCUT2D eigenvalue weighted by Crippen LogP contribution is 2.28. The summed E-state index contributed by atoms with van der Waals surface area (Å²) in [6.45, 7) is 6.35. The Kier molecular flexibility index (Phi) is 4.81. The van der Waals surface area contributed by atoms with E-state index in [0.717, 1.165) is 11.3 Å². The molecular formula is C17H18INO. The molecule has 0 aliphatic rings. The van der Waals surface area contributed by atoms with Gasteiger partial charge < -0.3 is 5.32 Å². The Morgan fingerprint density at radius 1 is 1.15 bits per heavy atom. The van der Waals surface area contributed by atoms with Gasteiger partial charge in [-0.2, -0.15) is 0 Å². The normalized spacial score (nSPS) is 10.7. The van der Waals surface area contributed by atoms with E-state index >= 15 is 0 Å². The second-order valence-corrected chi connectivity index (χ2v) is 6.33. The maximum absolute atomic E-state index is 12.2. The highest BCUT2D eigenvalue weighted by molar-refractivity contribution is 14.1. The lowest BCUT2D eigenvalue weighted by molar-refractivity contribution is 0.102. The fourth-order valence-electron chi connectivity index (χ4n) is 2.05. The van der Waals surface area contributed by atoms with Crippen LogP contribution in [0.1, 0.15) is 41.3 Å². The molecule has 0 aliphatic carbocycles. The zero-order valence-electron chi connectivity index (χ0n) is 11.9. The van der Waals surface area contributed by atoms with Crippen LogP contribution < -0.4 is 5.32 Å². The maximum atomic E-state index is 12.2. The van der Waals surface area contributed by atoms with Crippen LogP contribution in [0.3, 0.4) is 0 Å². The lowest BCUT2D eigenvalue weighted by Crippen LogP contribution is -2.13. The Labute approximate surface area is 133 Å². The predicted molar refractivity (Wildman–Crippen MR) is 92.4 cm³/mol. The largest absolute Gasteiger partial charge is 0.322 e. The molecule has 104 valence electrons. The van der Waals surface area contributed by atoms with Gasteiger partial charge in [-0.1, -0.05) is 32.0 Å². The average molecular weight is 379 g/mol. The summed E-state index contributed by atoms with van der Waals surface area (Å²) in [6.07, 6.45) is 0. The smallest absolute Gasteiger partial charge is 0.255 e. The second-order valence-electron chi connectivity index (χ2n) is 5.16. The first-order chi connectivity index (χ1) is 9.49. The molecule has 0 aromatic heterocycles. The van der Waals surface area contributed by atoms with Crippen molar-refractivity contribution in [2.75, 3.05) is 5.32 Å². The second kappa shape index (κ2) is 6.39. The highest BCUT2D eigenvalue weighted by Gasteiger charge is 2.11. The molecule has 1 amide bonds. The maximum Gasteiger partial charge on any atom is 0.255 e. The number of hydrogen-bond donors (Lipinski definition) is 1. The highest BCUT2D eigenvalue weighted by atomic mass is 127. The molecule has 0 saturated carbocycles. The topological polar surface area (TPSA) is 29.1 Å². The molecule has 2 rings (SSSR count).